The van der Waals surface area contributed by atoms with Gasteiger partial charge in [0.05, 0.1) is 19.8 Å². The fraction of sp³-hybridized carbons (Fsp3) is 0.796. The molecule has 11 nitrogen and oxygen atoms in total. The zero-order valence-electron chi connectivity index (χ0n) is 42.2. The van der Waals surface area contributed by atoms with Gasteiger partial charge in [-0.1, -0.05) is 191 Å². The van der Waals surface area contributed by atoms with E-state index in [0.29, 0.717) is 19.3 Å². The molecular formula is C54H97O11P. The summed E-state index contributed by atoms with van der Waals surface area (Å²) >= 11 is 0. The molecule has 0 aromatic carbocycles. The molecule has 0 saturated heterocycles. The number of aliphatic hydroxyl groups excluding tert-OH is 1. The van der Waals surface area contributed by atoms with Crippen molar-refractivity contribution in [2.75, 3.05) is 26.4 Å². The summed E-state index contributed by atoms with van der Waals surface area (Å²) in [5, 5.41) is 9.76. The number of rotatable bonds is 49. The van der Waals surface area contributed by atoms with Crippen LogP contribution >= 0.6 is 7.82 Å². The SMILES string of the molecule is CC/C=C\C/C=C\C/C=C\CCCCCCCC(=O)OC(COC(=O)CCCCCCC/C=C\CCCCCC)COP(=O)(O)OCC(CO)OC(=O)CCCCCCCCCCCCC. The molecule has 384 valence electrons. The summed E-state index contributed by atoms with van der Waals surface area (Å²) in [4.78, 5) is 48.3. The zero-order valence-corrected chi connectivity index (χ0v) is 43.1. The monoisotopic (exact) mass is 953 g/mol. The fourth-order valence-corrected chi connectivity index (χ4v) is 7.97. The molecule has 0 aromatic heterocycles. The van der Waals surface area contributed by atoms with Crippen molar-refractivity contribution in [1.82, 2.24) is 0 Å². The van der Waals surface area contributed by atoms with Crippen molar-refractivity contribution in [2.24, 2.45) is 0 Å². The van der Waals surface area contributed by atoms with Crippen LogP contribution in [0.25, 0.3) is 0 Å². The molecule has 2 N–H and O–H groups in total. The van der Waals surface area contributed by atoms with Crippen molar-refractivity contribution in [3.05, 3.63) is 48.6 Å². The maximum absolute atomic E-state index is 12.8. The fourth-order valence-electron chi connectivity index (χ4n) is 7.19. The minimum absolute atomic E-state index is 0.148. The van der Waals surface area contributed by atoms with Crippen molar-refractivity contribution < 1.29 is 52.2 Å². The first kappa shape index (κ1) is 63.4. The summed E-state index contributed by atoms with van der Waals surface area (Å²) in [6.45, 7) is 4.48. The number of carbonyl (C=O) groups is 3. The number of phosphoric acid groups is 1. The van der Waals surface area contributed by atoms with Crippen molar-refractivity contribution in [3.8, 4) is 0 Å². The Bertz CT molecular complexity index is 1300. The lowest BCUT2D eigenvalue weighted by atomic mass is 10.1. The first-order chi connectivity index (χ1) is 32.2. The van der Waals surface area contributed by atoms with Gasteiger partial charge in [0.25, 0.3) is 0 Å². The Balaban J connectivity index is 4.77. The van der Waals surface area contributed by atoms with Gasteiger partial charge in [-0.15, -0.1) is 0 Å². The second kappa shape index (κ2) is 48.9. The molecule has 0 heterocycles. The molecule has 3 atom stereocenters. The van der Waals surface area contributed by atoms with Crippen LogP contribution in [-0.4, -0.2) is 66.5 Å². The third-order valence-electron chi connectivity index (χ3n) is 11.2. The smallest absolute Gasteiger partial charge is 0.462 e. The quantitative estimate of drug-likeness (QED) is 0.0197. The lowest BCUT2D eigenvalue weighted by Gasteiger charge is -2.21. The van der Waals surface area contributed by atoms with Gasteiger partial charge in [0.15, 0.2) is 6.10 Å². The molecule has 0 aliphatic heterocycles. The van der Waals surface area contributed by atoms with Crippen LogP contribution in [0.3, 0.4) is 0 Å². The van der Waals surface area contributed by atoms with Crippen LogP contribution in [0.5, 0.6) is 0 Å². The predicted molar refractivity (Wildman–Crippen MR) is 270 cm³/mol. The standard InChI is InChI=1S/C54H97O11P/c1-4-7-10-13-16-19-22-24-25-27-30-33-36-39-42-45-54(58)65-51(47-61-52(56)43-40-37-34-31-29-26-23-20-17-14-11-8-5-2)49-63-66(59,60)62-48-50(46-55)64-53(57)44-41-38-35-32-28-21-18-15-12-9-6-3/h7,10,16,19-20,23-25,50-51,55H,4-6,8-9,11-15,17-18,21-22,26-49H2,1-3H3,(H,59,60)/b10-7-,19-16-,23-20-,25-24-. The molecule has 0 saturated carbocycles. The lowest BCUT2D eigenvalue weighted by molar-refractivity contribution is -0.161. The van der Waals surface area contributed by atoms with E-state index in [-0.39, 0.29) is 25.9 Å². The van der Waals surface area contributed by atoms with Gasteiger partial charge >= 0.3 is 25.7 Å². The molecule has 0 rings (SSSR count). The molecule has 0 amide bonds. The van der Waals surface area contributed by atoms with Crippen LogP contribution in [0.4, 0.5) is 0 Å². The number of ether oxygens (including phenoxy) is 3. The van der Waals surface area contributed by atoms with Crippen LogP contribution in [-0.2, 0) is 42.2 Å². The highest BCUT2D eigenvalue weighted by Gasteiger charge is 2.28. The first-order valence-electron chi connectivity index (χ1n) is 26.5. The van der Waals surface area contributed by atoms with Gasteiger partial charge in [-0.05, 0) is 77.0 Å². The topological polar surface area (TPSA) is 155 Å². The molecule has 0 radical (unpaired) electrons. The molecule has 0 spiro atoms. The van der Waals surface area contributed by atoms with E-state index in [1.165, 1.54) is 70.6 Å². The Morgan fingerprint density at radius 2 is 0.788 bits per heavy atom. The minimum atomic E-state index is -4.74. The summed E-state index contributed by atoms with van der Waals surface area (Å²) in [6.07, 6.45) is 49.3. The summed E-state index contributed by atoms with van der Waals surface area (Å²) in [5.74, 6) is -1.49. The van der Waals surface area contributed by atoms with E-state index in [1.54, 1.807) is 0 Å². The molecule has 0 fully saturated rings. The van der Waals surface area contributed by atoms with E-state index in [4.69, 9.17) is 23.3 Å². The van der Waals surface area contributed by atoms with E-state index in [1.807, 2.05) is 0 Å². The Morgan fingerprint density at radius 3 is 1.24 bits per heavy atom. The Morgan fingerprint density at radius 1 is 0.439 bits per heavy atom. The molecule has 0 bridgehead atoms. The number of hydrogen-bond acceptors (Lipinski definition) is 10. The molecular weight excluding hydrogens is 856 g/mol. The number of esters is 3. The van der Waals surface area contributed by atoms with E-state index < -0.39 is 57.8 Å². The molecule has 0 aromatic rings. The number of aliphatic hydroxyl groups is 1. The van der Waals surface area contributed by atoms with Crippen LogP contribution in [0.15, 0.2) is 48.6 Å². The van der Waals surface area contributed by atoms with Gasteiger partial charge in [0, 0.05) is 19.3 Å². The van der Waals surface area contributed by atoms with Crippen molar-refractivity contribution in [1.29, 1.82) is 0 Å². The van der Waals surface area contributed by atoms with Gasteiger partial charge in [-0.25, -0.2) is 4.57 Å². The van der Waals surface area contributed by atoms with Crippen molar-refractivity contribution >= 4 is 25.7 Å². The minimum Gasteiger partial charge on any atom is -0.462 e. The zero-order chi connectivity index (χ0) is 48.4. The molecule has 0 aliphatic rings. The summed E-state index contributed by atoms with van der Waals surface area (Å²) in [6, 6.07) is 0. The van der Waals surface area contributed by atoms with Crippen LogP contribution in [0, 0.1) is 0 Å². The van der Waals surface area contributed by atoms with E-state index in [2.05, 4.69) is 69.4 Å². The highest BCUT2D eigenvalue weighted by atomic mass is 31.2. The van der Waals surface area contributed by atoms with E-state index in [0.717, 1.165) is 109 Å². The Kier molecular flexibility index (Phi) is 47.0. The third-order valence-corrected chi connectivity index (χ3v) is 12.2. The molecule has 66 heavy (non-hydrogen) atoms. The number of hydrogen-bond donors (Lipinski definition) is 2. The maximum atomic E-state index is 12.8. The second-order valence-electron chi connectivity index (χ2n) is 17.7. The number of allylic oxidation sites excluding steroid dienone is 8. The van der Waals surface area contributed by atoms with Gasteiger partial charge in [-0.3, -0.25) is 23.4 Å². The molecule has 12 heteroatoms. The summed E-state index contributed by atoms with van der Waals surface area (Å²) < 4.78 is 39.3. The average molecular weight is 953 g/mol. The number of carbonyl (C=O) groups excluding carboxylic acids is 3. The maximum Gasteiger partial charge on any atom is 0.472 e. The molecule has 3 unspecified atom stereocenters. The van der Waals surface area contributed by atoms with Crippen LogP contribution < -0.4 is 0 Å². The van der Waals surface area contributed by atoms with E-state index in [9.17, 15) is 28.9 Å². The lowest BCUT2D eigenvalue weighted by Crippen LogP contribution is -2.30. The van der Waals surface area contributed by atoms with Gasteiger partial charge in [-0.2, -0.15) is 0 Å². The highest BCUT2D eigenvalue weighted by Crippen LogP contribution is 2.43. The Labute approximate surface area is 403 Å². The Hall–Kier alpha value is -2.56. The van der Waals surface area contributed by atoms with E-state index >= 15 is 0 Å². The summed E-state index contributed by atoms with van der Waals surface area (Å²) in [7, 11) is -4.74. The van der Waals surface area contributed by atoms with Crippen molar-refractivity contribution in [2.45, 2.75) is 251 Å². The normalized spacial score (nSPS) is 13.8. The highest BCUT2D eigenvalue weighted by molar-refractivity contribution is 7.47. The van der Waals surface area contributed by atoms with Crippen LogP contribution in [0.2, 0.25) is 0 Å². The van der Waals surface area contributed by atoms with Crippen LogP contribution in [0.1, 0.15) is 239 Å². The molecule has 0 aliphatic carbocycles. The second-order valence-corrected chi connectivity index (χ2v) is 19.1. The largest absolute Gasteiger partial charge is 0.472 e. The predicted octanol–water partition coefficient (Wildman–Crippen LogP) is 15.0. The van der Waals surface area contributed by atoms with Gasteiger partial charge in [0.2, 0.25) is 0 Å². The average Bonchev–Trinajstić information content (AvgIpc) is 3.30. The number of unbranched alkanes of at least 4 members (excludes halogenated alkanes) is 24. The number of phosphoric ester groups is 1. The third kappa shape index (κ3) is 46.5. The van der Waals surface area contributed by atoms with Gasteiger partial charge in [0.1, 0.15) is 12.7 Å². The van der Waals surface area contributed by atoms with Gasteiger partial charge < -0.3 is 24.2 Å². The van der Waals surface area contributed by atoms with Crippen molar-refractivity contribution in [3.63, 3.8) is 0 Å². The summed E-state index contributed by atoms with van der Waals surface area (Å²) in [5.41, 5.74) is 0. The first-order valence-corrected chi connectivity index (χ1v) is 28.0.